The molecule has 0 saturated carbocycles. The molecule has 0 aliphatic carbocycles. The second kappa shape index (κ2) is 15.4. The molecule has 0 unspecified atom stereocenters. The van der Waals surface area contributed by atoms with Gasteiger partial charge in [-0.3, -0.25) is 4.79 Å². The molecule has 28 heavy (non-hydrogen) atoms. The molecule has 0 heterocycles. The van der Waals surface area contributed by atoms with Crippen LogP contribution in [0.15, 0.2) is 66.8 Å². The molecule has 4 heteroatoms. The number of hydrogen-bond acceptors (Lipinski definition) is 3. The fourth-order valence-electron chi connectivity index (χ4n) is 2.46. The lowest BCUT2D eigenvalue weighted by Gasteiger charge is -2.13. The van der Waals surface area contributed by atoms with Gasteiger partial charge in [-0.25, -0.2) is 0 Å². The van der Waals surface area contributed by atoms with E-state index in [9.17, 15) is 15.0 Å². The van der Waals surface area contributed by atoms with Gasteiger partial charge in [-0.2, -0.15) is 0 Å². The summed E-state index contributed by atoms with van der Waals surface area (Å²) in [7, 11) is 0. The van der Waals surface area contributed by atoms with Gasteiger partial charge in [-0.1, -0.05) is 72.7 Å². The van der Waals surface area contributed by atoms with E-state index >= 15 is 0 Å². The van der Waals surface area contributed by atoms with Crippen LogP contribution in [0, 0.1) is 11.8 Å². The van der Waals surface area contributed by atoms with Gasteiger partial charge in [0.25, 0.3) is 0 Å². The standard InChI is InChI=1S/C24H30O4/c25-22(23(26)19-14-20-24(27)28)18-13-8-6-4-2-1-3-5-7-10-15-21-16-11-9-12-17-21/h2,4,6,8-9,11-13,16-18,22-23,25-26H,1,7,10,14-15,19-20H2,(H,27,28)/b4-2-,8-6+,18-13+/t22-,23+/m1/s1. The molecule has 150 valence electrons. The van der Waals surface area contributed by atoms with Crippen molar-refractivity contribution in [2.75, 3.05) is 0 Å². The minimum Gasteiger partial charge on any atom is -0.481 e. The molecule has 0 amide bonds. The summed E-state index contributed by atoms with van der Waals surface area (Å²) in [6.45, 7) is 0. The predicted molar refractivity (Wildman–Crippen MR) is 113 cm³/mol. The number of aryl methyl sites for hydroxylation is 1. The molecule has 0 radical (unpaired) electrons. The number of benzene rings is 1. The highest BCUT2D eigenvalue weighted by Gasteiger charge is 2.12. The molecule has 0 spiro atoms. The van der Waals surface area contributed by atoms with Crippen molar-refractivity contribution in [3.05, 3.63) is 72.4 Å². The van der Waals surface area contributed by atoms with Crippen LogP contribution in [-0.4, -0.2) is 33.5 Å². The molecule has 0 aromatic heterocycles. The number of aliphatic hydroxyl groups is 2. The number of hydrogen-bond donors (Lipinski definition) is 3. The lowest BCUT2D eigenvalue weighted by Crippen LogP contribution is -2.23. The van der Waals surface area contributed by atoms with E-state index in [0.29, 0.717) is 12.8 Å². The summed E-state index contributed by atoms with van der Waals surface area (Å²) < 4.78 is 0. The van der Waals surface area contributed by atoms with Crippen molar-refractivity contribution in [2.45, 2.75) is 57.2 Å². The van der Waals surface area contributed by atoms with Crippen molar-refractivity contribution < 1.29 is 20.1 Å². The molecule has 0 aliphatic rings. The molecule has 1 aromatic carbocycles. The van der Waals surface area contributed by atoms with Crippen molar-refractivity contribution >= 4 is 5.97 Å². The summed E-state index contributed by atoms with van der Waals surface area (Å²) in [5.74, 6) is 5.39. The van der Waals surface area contributed by atoms with E-state index in [0.717, 1.165) is 19.3 Å². The SMILES string of the molecule is O=C(O)CCC[C@H](O)[C@H](O)/C=C/C=C/C=C\CC#CCCCc1ccccc1. The van der Waals surface area contributed by atoms with Crippen LogP contribution in [0.4, 0.5) is 0 Å². The first-order valence-corrected chi connectivity index (χ1v) is 9.67. The highest BCUT2D eigenvalue weighted by molar-refractivity contribution is 5.66. The molecule has 4 nitrogen and oxygen atoms in total. The number of allylic oxidation sites excluding steroid dienone is 5. The summed E-state index contributed by atoms with van der Waals surface area (Å²) in [5.41, 5.74) is 1.35. The molecule has 1 rings (SSSR count). The van der Waals surface area contributed by atoms with Crippen LogP contribution in [0.2, 0.25) is 0 Å². The average molecular weight is 383 g/mol. The third-order valence-electron chi connectivity index (χ3n) is 4.02. The second-order valence-electron chi connectivity index (χ2n) is 6.44. The molecule has 3 N–H and O–H groups in total. The van der Waals surface area contributed by atoms with Gasteiger partial charge < -0.3 is 15.3 Å². The first-order valence-electron chi connectivity index (χ1n) is 9.67. The summed E-state index contributed by atoms with van der Waals surface area (Å²) >= 11 is 0. The molecule has 0 fully saturated rings. The van der Waals surface area contributed by atoms with Gasteiger partial charge in [-0.15, -0.1) is 5.92 Å². The fourth-order valence-corrected chi connectivity index (χ4v) is 2.46. The zero-order valence-electron chi connectivity index (χ0n) is 16.2. The van der Waals surface area contributed by atoms with E-state index in [1.165, 1.54) is 11.6 Å². The van der Waals surface area contributed by atoms with Gasteiger partial charge in [0, 0.05) is 19.3 Å². The Hall–Kier alpha value is -2.61. The number of carboxylic acid groups (broad SMARTS) is 1. The number of unbranched alkanes of at least 4 members (excludes halogenated alkanes) is 1. The minimum atomic E-state index is -0.996. The third kappa shape index (κ3) is 12.7. The zero-order valence-corrected chi connectivity index (χ0v) is 16.2. The maximum absolute atomic E-state index is 10.4. The summed E-state index contributed by atoms with van der Waals surface area (Å²) in [6.07, 6.45) is 13.0. The van der Waals surface area contributed by atoms with Crippen LogP contribution < -0.4 is 0 Å². The highest BCUT2D eigenvalue weighted by atomic mass is 16.4. The van der Waals surface area contributed by atoms with Crippen molar-refractivity contribution in [3.63, 3.8) is 0 Å². The van der Waals surface area contributed by atoms with E-state index in [4.69, 9.17) is 5.11 Å². The zero-order chi connectivity index (χ0) is 20.5. The van der Waals surface area contributed by atoms with Crippen molar-refractivity contribution in [2.24, 2.45) is 0 Å². The van der Waals surface area contributed by atoms with Gasteiger partial charge in [0.2, 0.25) is 0 Å². The molecule has 1 aromatic rings. The van der Waals surface area contributed by atoms with E-state index in [1.807, 2.05) is 24.3 Å². The molecule has 0 aliphatic heterocycles. The first-order chi connectivity index (χ1) is 13.6. The Morgan fingerprint density at radius 3 is 2.50 bits per heavy atom. The molecule has 0 bridgehead atoms. The van der Waals surface area contributed by atoms with Crippen LogP contribution >= 0.6 is 0 Å². The Morgan fingerprint density at radius 2 is 1.75 bits per heavy atom. The van der Waals surface area contributed by atoms with Crippen LogP contribution in [-0.2, 0) is 11.2 Å². The van der Waals surface area contributed by atoms with Crippen molar-refractivity contribution in [3.8, 4) is 11.8 Å². The topological polar surface area (TPSA) is 77.8 Å². The number of aliphatic carboxylic acids is 1. The van der Waals surface area contributed by atoms with E-state index in [2.05, 4.69) is 36.1 Å². The van der Waals surface area contributed by atoms with Gasteiger partial charge in [-0.05, 0) is 31.2 Å². The van der Waals surface area contributed by atoms with Crippen LogP contribution in [0.5, 0.6) is 0 Å². The Bertz CT molecular complexity index is 692. The maximum Gasteiger partial charge on any atom is 0.303 e. The summed E-state index contributed by atoms with van der Waals surface area (Å²) in [5, 5.41) is 28.0. The smallest absolute Gasteiger partial charge is 0.303 e. The quantitative estimate of drug-likeness (QED) is 0.290. The van der Waals surface area contributed by atoms with Gasteiger partial charge in [0.1, 0.15) is 0 Å². The van der Waals surface area contributed by atoms with Crippen LogP contribution in [0.25, 0.3) is 0 Å². The number of aliphatic hydroxyl groups excluding tert-OH is 2. The lowest BCUT2D eigenvalue weighted by atomic mass is 10.1. The highest BCUT2D eigenvalue weighted by Crippen LogP contribution is 2.06. The predicted octanol–water partition coefficient (Wildman–Crippen LogP) is 4.05. The Labute approximate surface area is 167 Å². The molecule has 2 atom stereocenters. The monoisotopic (exact) mass is 382 g/mol. The Kier molecular flexibility index (Phi) is 12.9. The molecular formula is C24H30O4. The van der Waals surface area contributed by atoms with Crippen molar-refractivity contribution in [1.82, 2.24) is 0 Å². The van der Waals surface area contributed by atoms with Crippen LogP contribution in [0.1, 0.15) is 44.1 Å². The number of carbonyl (C=O) groups is 1. The third-order valence-corrected chi connectivity index (χ3v) is 4.02. The van der Waals surface area contributed by atoms with Gasteiger partial charge in [0.05, 0.1) is 12.2 Å². The first kappa shape index (κ1) is 23.4. The van der Waals surface area contributed by atoms with Crippen LogP contribution in [0.3, 0.4) is 0 Å². The van der Waals surface area contributed by atoms with Gasteiger partial charge >= 0.3 is 5.97 Å². The second-order valence-corrected chi connectivity index (χ2v) is 6.44. The fraction of sp³-hybridized carbons (Fsp3) is 0.375. The average Bonchev–Trinajstić information content (AvgIpc) is 2.69. The largest absolute Gasteiger partial charge is 0.481 e. The Morgan fingerprint density at radius 1 is 1.00 bits per heavy atom. The summed E-state index contributed by atoms with van der Waals surface area (Å²) in [6, 6.07) is 10.4. The van der Waals surface area contributed by atoms with Crippen molar-refractivity contribution in [1.29, 1.82) is 0 Å². The lowest BCUT2D eigenvalue weighted by molar-refractivity contribution is -0.137. The normalized spacial score (nSPS) is 13.6. The van der Waals surface area contributed by atoms with Gasteiger partial charge in [0.15, 0.2) is 0 Å². The van der Waals surface area contributed by atoms with E-state index in [1.54, 1.807) is 12.2 Å². The van der Waals surface area contributed by atoms with E-state index < -0.39 is 18.2 Å². The molecule has 0 saturated heterocycles. The molecular weight excluding hydrogens is 352 g/mol. The number of rotatable bonds is 12. The maximum atomic E-state index is 10.4. The number of carboxylic acids is 1. The minimum absolute atomic E-state index is 0.00584. The summed E-state index contributed by atoms with van der Waals surface area (Å²) in [4.78, 5) is 10.4. The van der Waals surface area contributed by atoms with E-state index in [-0.39, 0.29) is 12.8 Å². The Balaban J connectivity index is 2.12.